The van der Waals surface area contributed by atoms with Crippen LogP contribution in [-0.2, 0) is 9.53 Å². The summed E-state index contributed by atoms with van der Waals surface area (Å²) in [6, 6.07) is 9.42. The topological polar surface area (TPSA) is 43.4 Å². The van der Waals surface area contributed by atoms with E-state index in [0.29, 0.717) is 30.1 Å². The molecule has 0 aromatic heterocycles. The fourth-order valence-electron chi connectivity index (χ4n) is 6.74. The van der Waals surface area contributed by atoms with Crippen molar-refractivity contribution in [1.82, 2.24) is 0 Å². The van der Waals surface area contributed by atoms with Gasteiger partial charge in [0.25, 0.3) is 0 Å². The summed E-state index contributed by atoms with van der Waals surface area (Å²) in [7, 11) is 0. The zero-order chi connectivity index (χ0) is 20.8. The van der Waals surface area contributed by atoms with E-state index in [1.165, 1.54) is 0 Å². The lowest BCUT2D eigenvalue weighted by molar-refractivity contribution is -0.209. The number of fused-ring (bicyclic) bond motifs is 3. The Labute approximate surface area is 175 Å². The van der Waals surface area contributed by atoms with Crippen molar-refractivity contribution in [1.29, 1.82) is 0 Å². The van der Waals surface area contributed by atoms with Gasteiger partial charge in [0.1, 0.15) is 5.78 Å². The lowest BCUT2D eigenvalue weighted by atomic mass is 9.46. The quantitative estimate of drug-likeness (QED) is 0.598. The summed E-state index contributed by atoms with van der Waals surface area (Å²) < 4.78 is 6.57. The molecule has 1 heterocycles. The number of rotatable bonds is 4. The van der Waals surface area contributed by atoms with E-state index in [4.69, 9.17) is 4.74 Å². The van der Waals surface area contributed by atoms with E-state index < -0.39 is 0 Å². The van der Waals surface area contributed by atoms with Crippen molar-refractivity contribution in [3.8, 4) is 0 Å². The first-order valence-corrected chi connectivity index (χ1v) is 11.5. The molecule has 29 heavy (non-hydrogen) atoms. The molecule has 0 bridgehead atoms. The summed E-state index contributed by atoms with van der Waals surface area (Å²) in [5.41, 5.74) is 0.505. The molecular weight excluding hydrogens is 360 g/mol. The Kier molecular flexibility index (Phi) is 5.48. The Morgan fingerprint density at radius 1 is 1.07 bits per heavy atom. The van der Waals surface area contributed by atoms with Crippen molar-refractivity contribution in [2.45, 2.75) is 84.8 Å². The monoisotopic (exact) mass is 396 g/mol. The number of hydrogen-bond acceptors (Lipinski definition) is 3. The van der Waals surface area contributed by atoms with E-state index >= 15 is 0 Å². The minimum atomic E-state index is -0.306. The predicted octanol–water partition coefficient (Wildman–Crippen LogP) is 5.86. The van der Waals surface area contributed by atoms with E-state index in [-0.39, 0.29) is 28.6 Å². The van der Waals surface area contributed by atoms with Crippen LogP contribution in [0.5, 0.6) is 0 Å². The van der Waals surface area contributed by atoms with Crippen LogP contribution in [0, 0.1) is 28.6 Å². The molecule has 1 aliphatic heterocycles. The van der Waals surface area contributed by atoms with Gasteiger partial charge in [-0.25, -0.2) is 0 Å². The first-order valence-electron chi connectivity index (χ1n) is 11.5. The SMILES string of the molecule is CC(C)C1CCC2(C)C(CCC3(C)C(=O)C(CC(=O)c4ccccc4)CCC32)O1. The molecule has 3 nitrogen and oxygen atoms in total. The van der Waals surface area contributed by atoms with Gasteiger partial charge in [-0.1, -0.05) is 58.0 Å². The molecule has 1 aromatic rings. The maximum absolute atomic E-state index is 13.6. The first kappa shape index (κ1) is 20.8. The largest absolute Gasteiger partial charge is 0.374 e. The molecule has 2 saturated carbocycles. The molecule has 2 aliphatic carbocycles. The van der Waals surface area contributed by atoms with Gasteiger partial charge in [0.2, 0.25) is 0 Å². The Balaban J connectivity index is 1.51. The first-order chi connectivity index (χ1) is 13.8. The minimum absolute atomic E-state index is 0.0858. The van der Waals surface area contributed by atoms with Crippen LogP contribution in [0.15, 0.2) is 30.3 Å². The summed E-state index contributed by atoms with van der Waals surface area (Å²) in [4.78, 5) is 26.4. The second-order valence-electron chi connectivity index (χ2n) is 10.6. The van der Waals surface area contributed by atoms with Gasteiger partial charge in [-0.05, 0) is 55.8 Å². The fourth-order valence-corrected chi connectivity index (χ4v) is 6.74. The van der Waals surface area contributed by atoms with Crippen molar-refractivity contribution in [3.63, 3.8) is 0 Å². The van der Waals surface area contributed by atoms with Crippen molar-refractivity contribution >= 4 is 11.6 Å². The summed E-state index contributed by atoms with van der Waals surface area (Å²) >= 11 is 0. The number of benzene rings is 1. The molecule has 3 aliphatic rings. The van der Waals surface area contributed by atoms with Crippen LogP contribution >= 0.6 is 0 Å². The highest BCUT2D eigenvalue weighted by molar-refractivity contribution is 6.00. The van der Waals surface area contributed by atoms with Gasteiger partial charge in [-0.2, -0.15) is 0 Å². The van der Waals surface area contributed by atoms with Gasteiger partial charge < -0.3 is 4.74 Å². The molecule has 158 valence electrons. The molecule has 1 saturated heterocycles. The highest BCUT2D eigenvalue weighted by Crippen LogP contribution is 2.61. The third-order valence-corrected chi connectivity index (χ3v) is 8.54. The molecule has 0 amide bonds. The number of ether oxygens (including phenoxy) is 1. The fraction of sp³-hybridized carbons (Fsp3) is 0.692. The van der Waals surface area contributed by atoms with Crippen molar-refractivity contribution in [3.05, 3.63) is 35.9 Å². The Hall–Kier alpha value is -1.48. The number of carbonyl (C=O) groups is 2. The molecule has 4 rings (SSSR count). The van der Waals surface area contributed by atoms with E-state index in [9.17, 15) is 9.59 Å². The van der Waals surface area contributed by atoms with E-state index in [1.807, 2.05) is 30.3 Å². The lowest BCUT2D eigenvalue weighted by Crippen LogP contribution is -2.60. The maximum Gasteiger partial charge on any atom is 0.163 e. The normalized spacial score (nSPS) is 39.7. The standard InChI is InChI=1S/C26H36O3/c1-17(2)21-12-14-25(3)22-11-10-19(16-20(27)18-8-6-5-7-9-18)24(28)26(22,4)15-13-23(25)29-21/h5-9,17,19,21-23H,10-16H2,1-4H3. The molecular formula is C26H36O3. The number of Topliss-reactive ketones (excluding diaryl/α,β-unsaturated/α-hetero) is 2. The van der Waals surface area contributed by atoms with Crippen LogP contribution < -0.4 is 0 Å². The predicted molar refractivity (Wildman–Crippen MR) is 115 cm³/mol. The van der Waals surface area contributed by atoms with Gasteiger partial charge in [0.15, 0.2) is 5.78 Å². The van der Waals surface area contributed by atoms with Gasteiger partial charge in [0.05, 0.1) is 12.2 Å². The van der Waals surface area contributed by atoms with Crippen LogP contribution in [0.2, 0.25) is 0 Å². The second kappa shape index (κ2) is 7.65. The van der Waals surface area contributed by atoms with Gasteiger partial charge in [-0.3, -0.25) is 9.59 Å². The summed E-state index contributed by atoms with van der Waals surface area (Å²) in [5.74, 6) is 1.24. The molecule has 1 aromatic carbocycles. The van der Waals surface area contributed by atoms with Crippen LogP contribution in [0.3, 0.4) is 0 Å². The molecule has 0 spiro atoms. The Morgan fingerprint density at radius 2 is 1.79 bits per heavy atom. The molecule has 0 radical (unpaired) electrons. The van der Waals surface area contributed by atoms with Crippen LogP contribution in [-0.4, -0.2) is 23.8 Å². The van der Waals surface area contributed by atoms with Crippen LogP contribution in [0.1, 0.15) is 83.0 Å². The number of ketones is 2. The number of carbonyl (C=O) groups excluding carboxylic acids is 2. The average molecular weight is 397 g/mol. The molecule has 0 N–H and O–H groups in total. The average Bonchev–Trinajstić information content (AvgIpc) is 2.71. The van der Waals surface area contributed by atoms with Gasteiger partial charge >= 0.3 is 0 Å². The molecule has 6 atom stereocenters. The van der Waals surface area contributed by atoms with Crippen molar-refractivity contribution < 1.29 is 14.3 Å². The van der Waals surface area contributed by atoms with E-state index in [1.54, 1.807) is 0 Å². The van der Waals surface area contributed by atoms with Crippen LogP contribution in [0.25, 0.3) is 0 Å². The molecule has 6 unspecified atom stereocenters. The minimum Gasteiger partial charge on any atom is -0.374 e. The summed E-state index contributed by atoms with van der Waals surface area (Å²) in [6.45, 7) is 9.06. The third-order valence-electron chi connectivity index (χ3n) is 8.54. The zero-order valence-corrected chi connectivity index (χ0v) is 18.4. The summed E-state index contributed by atoms with van der Waals surface area (Å²) in [6.07, 6.45) is 6.99. The van der Waals surface area contributed by atoms with Crippen LogP contribution in [0.4, 0.5) is 0 Å². The van der Waals surface area contributed by atoms with E-state index in [0.717, 1.165) is 44.1 Å². The van der Waals surface area contributed by atoms with Crippen molar-refractivity contribution in [2.75, 3.05) is 0 Å². The number of hydrogen-bond donors (Lipinski definition) is 0. The Bertz CT molecular complexity index is 769. The van der Waals surface area contributed by atoms with E-state index in [2.05, 4.69) is 27.7 Å². The smallest absolute Gasteiger partial charge is 0.163 e. The highest BCUT2D eigenvalue weighted by atomic mass is 16.5. The van der Waals surface area contributed by atoms with Crippen molar-refractivity contribution in [2.24, 2.45) is 28.6 Å². The maximum atomic E-state index is 13.6. The van der Waals surface area contributed by atoms with Gasteiger partial charge in [0, 0.05) is 23.3 Å². The van der Waals surface area contributed by atoms with Gasteiger partial charge in [-0.15, -0.1) is 0 Å². The molecule has 3 fully saturated rings. The lowest BCUT2D eigenvalue weighted by Gasteiger charge is -2.60. The second-order valence-corrected chi connectivity index (χ2v) is 10.6. The third kappa shape index (κ3) is 3.50. The zero-order valence-electron chi connectivity index (χ0n) is 18.4. The summed E-state index contributed by atoms with van der Waals surface area (Å²) in [5, 5.41) is 0. The highest BCUT2D eigenvalue weighted by Gasteiger charge is 2.60. The molecule has 3 heteroatoms. The Morgan fingerprint density at radius 3 is 2.48 bits per heavy atom.